The number of hydrogen-bond acceptors (Lipinski definition) is 5. The molecule has 22 heavy (non-hydrogen) atoms. The molecule has 1 aliphatic carbocycles. The van der Waals surface area contributed by atoms with Crippen LogP contribution in [0.25, 0.3) is 0 Å². The molecule has 0 spiro atoms. The Hall–Kier alpha value is -1.63. The fourth-order valence-electron chi connectivity index (χ4n) is 2.77. The smallest absolute Gasteiger partial charge is 0.253 e. The van der Waals surface area contributed by atoms with Crippen molar-refractivity contribution in [1.29, 1.82) is 0 Å². The van der Waals surface area contributed by atoms with Gasteiger partial charge in [0, 0.05) is 24.6 Å². The van der Waals surface area contributed by atoms with Crippen LogP contribution in [-0.2, 0) is 9.84 Å². The highest BCUT2D eigenvalue weighted by molar-refractivity contribution is 7.91. The molecule has 122 valence electrons. The number of amides is 1. The fourth-order valence-corrected chi connectivity index (χ4v) is 4.17. The summed E-state index contributed by atoms with van der Waals surface area (Å²) in [6.07, 6.45) is 5.78. The lowest BCUT2D eigenvalue weighted by Crippen LogP contribution is -2.48. The van der Waals surface area contributed by atoms with Crippen LogP contribution in [0.2, 0.25) is 0 Å². The molecule has 0 saturated heterocycles. The molecule has 1 heterocycles. The third kappa shape index (κ3) is 4.19. The molecule has 0 aromatic carbocycles. The van der Waals surface area contributed by atoms with Gasteiger partial charge < -0.3 is 10.1 Å². The lowest BCUT2D eigenvalue weighted by Gasteiger charge is -2.30. The quantitative estimate of drug-likeness (QED) is 0.887. The van der Waals surface area contributed by atoms with Crippen LogP contribution in [0.4, 0.5) is 0 Å². The second-order valence-corrected chi connectivity index (χ2v) is 7.82. The van der Waals surface area contributed by atoms with Gasteiger partial charge in [0.1, 0.15) is 0 Å². The number of aromatic nitrogens is 1. The Bertz CT molecular complexity index is 613. The maximum atomic E-state index is 12.3. The maximum absolute atomic E-state index is 12.3. The zero-order valence-electron chi connectivity index (χ0n) is 12.9. The lowest BCUT2D eigenvalue weighted by atomic mass is 9.94. The van der Waals surface area contributed by atoms with Gasteiger partial charge in [0.05, 0.1) is 17.4 Å². The highest BCUT2D eigenvalue weighted by atomic mass is 32.2. The molecule has 1 aromatic heterocycles. The number of carbonyl (C=O) groups excluding carboxylic acids is 1. The van der Waals surface area contributed by atoms with Crippen molar-refractivity contribution >= 4 is 15.7 Å². The number of rotatable bonds is 5. The molecule has 1 fully saturated rings. The van der Waals surface area contributed by atoms with Crippen LogP contribution in [0.15, 0.2) is 18.3 Å². The van der Waals surface area contributed by atoms with Crippen molar-refractivity contribution in [3.8, 4) is 5.88 Å². The van der Waals surface area contributed by atoms with Gasteiger partial charge in [-0.05, 0) is 25.8 Å². The minimum absolute atomic E-state index is 0.295. The Morgan fingerprint density at radius 1 is 1.36 bits per heavy atom. The van der Waals surface area contributed by atoms with E-state index in [9.17, 15) is 13.2 Å². The van der Waals surface area contributed by atoms with E-state index in [4.69, 9.17) is 4.74 Å². The third-order valence-corrected chi connectivity index (χ3v) is 5.52. The van der Waals surface area contributed by atoms with E-state index in [1.807, 2.05) is 6.92 Å². The van der Waals surface area contributed by atoms with E-state index >= 15 is 0 Å². The number of nitrogens with one attached hydrogen (secondary N) is 1. The van der Waals surface area contributed by atoms with E-state index in [1.165, 1.54) is 12.5 Å². The predicted octanol–water partition coefficient (Wildman–Crippen LogP) is 1.57. The fraction of sp³-hybridized carbons (Fsp3) is 0.600. The van der Waals surface area contributed by atoms with Gasteiger partial charge in [-0.25, -0.2) is 13.4 Å². The molecule has 2 rings (SSSR count). The molecule has 1 N–H and O–H groups in total. The summed E-state index contributed by atoms with van der Waals surface area (Å²) in [7, 11) is -3.17. The molecule has 2 atom stereocenters. The second kappa shape index (κ2) is 7.09. The summed E-state index contributed by atoms with van der Waals surface area (Å²) >= 11 is 0. The van der Waals surface area contributed by atoms with Crippen molar-refractivity contribution in [1.82, 2.24) is 10.3 Å². The van der Waals surface area contributed by atoms with Gasteiger partial charge in [-0.15, -0.1) is 0 Å². The molecule has 1 aliphatic rings. The van der Waals surface area contributed by atoms with E-state index in [0.717, 1.165) is 12.8 Å². The van der Waals surface area contributed by atoms with E-state index in [0.29, 0.717) is 30.9 Å². The number of ether oxygens (including phenoxy) is 1. The van der Waals surface area contributed by atoms with Crippen LogP contribution < -0.4 is 10.1 Å². The number of nitrogens with zero attached hydrogens (tertiary/aromatic N) is 1. The Morgan fingerprint density at radius 3 is 2.68 bits per heavy atom. The molecule has 0 bridgehead atoms. The number of hydrogen-bond donors (Lipinski definition) is 1. The summed E-state index contributed by atoms with van der Waals surface area (Å²) in [5.41, 5.74) is 0.404. The minimum Gasteiger partial charge on any atom is -0.478 e. The third-order valence-electron chi connectivity index (χ3n) is 3.86. The van der Waals surface area contributed by atoms with Crippen molar-refractivity contribution in [2.75, 3.05) is 12.9 Å². The number of sulfone groups is 1. The zero-order valence-corrected chi connectivity index (χ0v) is 13.7. The van der Waals surface area contributed by atoms with Crippen molar-refractivity contribution in [3.05, 3.63) is 23.9 Å². The van der Waals surface area contributed by atoms with Crippen LogP contribution in [0, 0.1) is 0 Å². The van der Waals surface area contributed by atoms with Crippen LogP contribution in [-0.4, -0.2) is 43.5 Å². The predicted molar refractivity (Wildman–Crippen MR) is 83.8 cm³/mol. The molecule has 0 unspecified atom stereocenters. The summed E-state index contributed by atoms with van der Waals surface area (Å²) in [4.78, 5) is 16.3. The summed E-state index contributed by atoms with van der Waals surface area (Å²) < 4.78 is 28.9. The topological polar surface area (TPSA) is 85.4 Å². The second-order valence-electron chi connectivity index (χ2n) is 5.55. The maximum Gasteiger partial charge on any atom is 0.253 e. The molecule has 1 saturated carbocycles. The molecule has 7 heteroatoms. The summed E-state index contributed by atoms with van der Waals surface area (Å²) in [5, 5.41) is 2.35. The summed E-state index contributed by atoms with van der Waals surface area (Å²) in [6, 6.07) is 2.93. The van der Waals surface area contributed by atoms with E-state index in [2.05, 4.69) is 10.3 Å². The van der Waals surface area contributed by atoms with Crippen LogP contribution in [0.5, 0.6) is 5.88 Å². The van der Waals surface area contributed by atoms with Gasteiger partial charge in [-0.1, -0.05) is 12.8 Å². The Labute approximate surface area is 131 Å². The van der Waals surface area contributed by atoms with Gasteiger partial charge in [0.25, 0.3) is 5.91 Å². The van der Waals surface area contributed by atoms with Crippen molar-refractivity contribution in [2.24, 2.45) is 0 Å². The van der Waals surface area contributed by atoms with Crippen LogP contribution >= 0.6 is 0 Å². The minimum atomic E-state index is -3.17. The molecular weight excluding hydrogens is 304 g/mol. The molecule has 6 nitrogen and oxygen atoms in total. The van der Waals surface area contributed by atoms with E-state index in [1.54, 1.807) is 12.1 Å². The van der Waals surface area contributed by atoms with E-state index < -0.39 is 15.1 Å². The summed E-state index contributed by atoms with van der Waals surface area (Å²) in [5.74, 6) is 0.168. The highest BCUT2D eigenvalue weighted by Crippen LogP contribution is 2.24. The molecular formula is C15H22N2O4S. The first-order valence-corrected chi connectivity index (χ1v) is 9.46. The van der Waals surface area contributed by atoms with Gasteiger partial charge in [-0.2, -0.15) is 0 Å². The lowest BCUT2D eigenvalue weighted by molar-refractivity contribution is 0.0928. The first-order chi connectivity index (χ1) is 10.4. The summed E-state index contributed by atoms with van der Waals surface area (Å²) in [6.45, 7) is 2.37. The Balaban J connectivity index is 2.06. The zero-order chi connectivity index (χ0) is 16.2. The Morgan fingerprint density at radius 2 is 2.09 bits per heavy atom. The first-order valence-electron chi connectivity index (χ1n) is 7.50. The number of carbonyl (C=O) groups is 1. The van der Waals surface area contributed by atoms with Crippen molar-refractivity contribution < 1.29 is 17.9 Å². The van der Waals surface area contributed by atoms with Crippen LogP contribution in [0.1, 0.15) is 43.0 Å². The molecule has 1 amide bonds. The van der Waals surface area contributed by atoms with Crippen LogP contribution in [0.3, 0.4) is 0 Å². The monoisotopic (exact) mass is 326 g/mol. The van der Waals surface area contributed by atoms with Gasteiger partial charge in [0.2, 0.25) is 5.88 Å². The molecule has 1 aromatic rings. The molecule has 0 radical (unpaired) electrons. The normalized spacial score (nSPS) is 22.1. The average molecular weight is 326 g/mol. The number of pyridine rings is 1. The SMILES string of the molecule is CCOc1ccc(C(=O)N[C@@H]2CCCC[C@H]2S(C)(=O)=O)cn1. The highest BCUT2D eigenvalue weighted by Gasteiger charge is 2.33. The molecule has 0 aliphatic heterocycles. The van der Waals surface area contributed by atoms with Crippen molar-refractivity contribution in [3.63, 3.8) is 0 Å². The average Bonchev–Trinajstić information content (AvgIpc) is 2.48. The van der Waals surface area contributed by atoms with E-state index in [-0.39, 0.29) is 11.9 Å². The standard InChI is InChI=1S/C15H22N2O4S/c1-3-21-14-9-8-11(10-16-14)15(18)17-12-6-4-5-7-13(12)22(2,19)20/h8-10,12-13H,3-7H2,1-2H3,(H,17,18)/t12-,13-/m1/s1. The largest absolute Gasteiger partial charge is 0.478 e. The first kappa shape index (κ1) is 16.7. The van der Waals surface area contributed by atoms with Gasteiger partial charge in [-0.3, -0.25) is 4.79 Å². The van der Waals surface area contributed by atoms with Gasteiger partial charge >= 0.3 is 0 Å². The van der Waals surface area contributed by atoms with Gasteiger partial charge in [0.15, 0.2) is 9.84 Å². The Kier molecular flexibility index (Phi) is 5.39. The van der Waals surface area contributed by atoms with Crippen molar-refractivity contribution in [2.45, 2.75) is 43.9 Å².